The van der Waals surface area contributed by atoms with Crippen LogP contribution in [0, 0.1) is 17.1 Å². The Kier molecular flexibility index (Phi) is 4.91. The molecule has 1 saturated heterocycles. The molecule has 1 aromatic heterocycles. The van der Waals surface area contributed by atoms with E-state index in [2.05, 4.69) is 15.3 Å². The highest BCUT2D eigenvalue weighted by Gasteiger charge is 2.58. The fraction of sp³-hybridized carbons (Fsp3) is 0.333. The fourth-order valence-corrected chi connectivity index (χ4v) is 6.20. The normalized spacial score (nSPS) is 23.5. The Morgan fingerprint density at radius 1 is 1.32 bits per heavy atom. The minimum absolute atomic E-state index is 0.0253. The number of nitrogens with one attached hydrogen (secondary N) is 1. The smallest absolute Gasteiger partial charge is 0.185 e. The molecule has 2 aliphatic rings. The summed E-state index contributed by atoms with van der Waals surface area (Å²) >= 11 is 0. The molecule has 3 N–H and O–H groups in total. The van der Waals surface area contributed by atoms with Crippen LogP contribution in [0.15, 0.2) is 41.5 Å². The summed E-state index contributed by atoms with van der Waals surface area (Å²) in [7, 11) is -3.68. The number of nitrogens with zero attached hydrogens (tertiary/aromatic N) is 3. The van der Waals surface area contributed by atoms with Crippen LogP contribution in [0.5, 0.6) is 0 Å². The van der Waals surface area contributed by atoms with Crippen molar-refractivity contribution in [3.63, 3.8) is 0 Å². The molecule has 10 heteroatoms. The van der Waals surface area contributed by atoms with E-state index in [0.29, 0.717) is 11.1 Å². The molecule has 1 spiro atoms. The number of aliphatic imine (C=N–C) groups is 1. The van der Waals surface area contributed by atoms with Crippen LogP contribution < -0.4 is 11.1 Å². The molecular weight excluding hydrogens is 421 g/mol. The first-order valence-electron chi connectivity index (χ1n) is 9.57. The molecule has 1 atom stereocenters. The van der Waals surface area contributed by atoms with E-state index < -0.39 is 25.9 Å². The van der Waals surface area contributed by atoms with E-state index in [0.717, 1.165) is 0 Å². The standard InChI is InChI=1S/C21H20FN5O3S/c1-20(12-31(29,30)21(10-25-11-21)19(24)27-20)15-6-13(2-4-16(15)22)7-18(28)17-5-3-14(8-23)9-26-17/h2-6,9,25H,7,10-12H2,1H3,(H2,24,27)/t20-/m0/s1. The molecule has 160 valence electrons. The highest BCUT2D eigenvalue weighted by Crippen LogP contribution is 2.39. The summed E-state index contributed by atoms with van der Waals surface area (Å²) in [5, 5.41) is 11.8. The number of halogens is 1. The van der Waals surface area contributed by atoms with Crippen LogP contribution in [0.3, 0.4) is 0 Å². The number of benzene rings is 1. The maximum Gasteiger partial charge on any atom is 0.185 e. The van der Waals surface area contributed by atoms with Crippen molar-refractivity contribution in [1.29, 1.82) is 5.26 Å². The number of Topliss-reactive ketones (excluding diaryl/α,β-unsaturated/α-hetero) is 1. The van der Waals surface area contributed by atoms with Gasteiger partial charge in [0.25, 0.3) is 0 Å². The van der Waals surface area contributed by atoms with E-state index in [-0.39, 0.29) is 48.1 Å². The lowest BCUT2D eigenvalue weighted by atomic mass is 9.90. The Balaban J connectivity index is 1.66. The lowest BCUT2D eigenvalue weighted by Crippen LogP contribution is -2.73. The van der Waals surface area contributed by atoms with E-state index in [1.807, 2.05) is 6.07 Å². The predicted octanol–water partition coefficient (Wildman–Crippen LogP) is 0.861. The molecule has 8 nitrogen and oxygen atoms in total. The second-order valence-electron chi connectivity index (χ2n) is 8.09. The quantitative estimate of drug-likeness (QED) is 0.671. The SMILES string of the molecule is C[C@@]1(c2cc(CC(=O)c3ccc(C#N)cn3)ccc2F)CS(=O)(=O)C2(CNC2)C(N)=N1. The Bertz CT molecular complexity index is 1250. The third kappa shape index (κ3) is 3.40. The van der Waals surface area contributed by atoms with E-state index in [1.54, 1.807) is 0 Å². The Hall–Kier alpha value is -3.16. The van der Waals surface area contributed by atoms with Gasteiger partial charge in [0.2, 0.25) is 0 Å². The third-order valence-corrected chi connectivity index (χ3v) is 8.51. The van der Waals surface area contributed by atoms with Crippen molar-refractivity contribution >= 4 is 21.5 Å². The highest BCUT2D eigenvalue weighted by atomic mass is 32.2. The van der Waals surface area contributed by atoms with Gasteiger partial charge in [-0.15, -0.1) is 0 Å². The Morgan fingerprint density at radius 2 is 2.06 bits per heavy atom. The maximum absolute atomic E-state index is 14.8. The van der Waals surface area contributed by atoms with E-state index in [9.17, 15) is 17.6 Å². The zero-order valence-corrected chi connectivity index (χ0v) is 17.5. The van der Waals surface area contributed by atoms with Crippen molar-refractivity contribution in [2.75, 3.05) is 18.8 Å². The first-order chi connectivity index (χ1) is 14.6. The minimum atomic E-state index is -3.68. The van der Waals surface area contributed by atoms with Gasteiger partial charge in [-0.1, -0.05) is 6.07 Å². The molecule has 2 aliphatic heterocycles. The van der Waals surface area contributed by atoms with Gasteiger partial charge in [-0.05, 0) is 36.8 Å². The van der Waals surface area contributed by atoms with Crippen LogP contribution in [0.4, 0.5) is 4.39 Å². The number of ketones is 1. The molecule has 0 amide bonds. The minimum Gasteiger partial charge on any atom is -0.386 e. The van der Waals surface area contributed by atoms with Crippen LogP contribution in [0.25, 0.3) is 0 Å². The zero-order chi connectivity index (χ0) is 22.4. The van der Waals surface area contributed by atoms with Gasteiger partial charge < -0.3 is 11.1 Å². The molecule has 4 rings (SSSR count). The van der Waals surface area contributed by atoms with Gasteiger partial charge in [0, 0.05) is 31.3 Å². The summed E-state index contributed by atoms with van der Waals surface area (Å²) in [4.78, 5) is 21.0. The van der Waals surface area contributed by atoms with Gasteiger partial charge in [0.1, 0.15) is 29.0 Å². The number of hydrogen-bond donors (Lipinski definition) is 2. The van der Waals surface area contributed by atoms with Crippen molar-refractivity contribution < 1.29 is 17.6 Å². The second-order valence-corrected chi connectivity index (χ2v) is 10.4. The highest BCUT2D eigenvalue weighted by molar-refractivity contribution is 7.93. The van der Waals surface area contributed by atoms with E-state index in [1.165, 1.54) is 43.5 Å². The summed E-state index contributed by atoms with van der Waals surface area (Å²) in [6, 6.07) is 9.00. The molecule has 1 fully saturated rings. The number of carbonyl (C=O) groups excluding carboxylic acids is 1. The lowest BCUT2D eigenvalue weighted by Gasteiger charge is -2.47. The molecule has 3 heterocycles. The monoisotopic (exact) mass is 441 g/mol. The summed E-state index contributed by atoms with van der Waals surface area (Å²) in [5.41, 5.74) is 5.73. The van der Waals surface area contributed by atoms with Crippen LogP contribution in [0.2, 0.25) is 0 Å². The van der Waals surface area contributed by atoms with Crippen LogP contribution in [0.1, 0.15) is 34.1 Å². The van der Waals surface area contributed by atoms with Crippen LogP contribution in [-0.4, -0.2) is 48.6 Å². The molecular formula is C21H20FN5O3S. The third-order valence-electron chi connectivity index (χ3n) is 5.88. The number of hydrogen-bond acceptors (Lipinski definition) is 8. The van der Waals surface area contributed by atoms with Crippen molar-refractivity contribution in [2.45, 2.75) is 23.6 Å². The molecule has 0 saturated carbocycles. The van der Waals surface area contributed by atoms with Gasteiger partial charge in [0.15, 0.2) is 20.4 Å². The maximum atomic E-state index is 14.8. The van der Waals surface area contributed by atoms with E-state index >= 15 is 0 Å². The number of rotatable bonds is 4. The number of sulfone groups is 1. The van der Waals surface area contributed by atoms with Gasteiger partial charge in [0.05, 0.1) is 11.3 Å². The molecule has 31 heavy (non-hydrogen) atoms. The molecule has 0 unspecified atom stereocenters. The molecule has 0 aliphatic carbocycles. The van der Waals surface area contributed by atoms with Gasteiger partial charge >= 0.3 is 0 Å². The molecule has 2 aromatic rings. The predicted molar refractivity (Wildman–Crippen MR) is 112 cm³/mol. The Morgan fingerprint density at radius 3 is 2.61 bits per heavy atom. The van der Waals surface area contributed by atoms with Crippen molar-refractivity contribution in [2.24, 2.45) is 10.7 Å². The second kappa shape index (κ2) is 7.21. The first-order valence-corrected chi connectivity index (χ1v) is 11.2. The average Bonchev–Trinajstić information content (AvgIpc) is 2.67. The fourth-order valence-electron chi connectivity index (χ4n) is 3.95. The van der Waals surface area contributed by atoms with Gasteiger partial charge in [-0.2, -0.15) is 5.26 Å². The number of amidine groups is 1. The van der Waals surface area contributed by atoms with Crippen LogP contribution in [-0.2, 0) is 21.8 Å². The van der Waals surface area contributed by atoms with Crippen LogP contribution >= 0.6 is 0 Å². The summed E-state index contributed by atoms with van der Waals surface area (Å²) in [6.45, 7) is 1.91. The number of aromatic nitrogens is 1. The topological polar surface area (TPSA) is 138 Å². The van der Waals surface area contributed by atoms with Gasteiger partial charge in [-0.25, -0.2) is 12.8 Å². The molecule has 1 aromatic carbocycles. The molecule has 0 radical (unpaired) electrons. The van der Waals surface area contributed by atoms with Gasteiger partial charge in [-0.3, -0.25) is 14.8 Å². The number of carbonyl (C=O) groups is 1. The molecule has 0 bridgehead atoms. The first kappa shape index (κ1) is 21.1. The number of nitriles is 1. The largest absolute Gasteiger partial charge is 0.386 e. The summed E-state index contributed by atoms with van der Waals surface area (Å²) in [6.07, 6.45) is 1.24. The number of nitrogens with two attached hydrogens (primary N) is 1. The van der Waals surface area contributed by atoms with E-state index in [4.69, 9.17) is 11.0 Å². The summed E-state index contributed by atoms with van der Waals surface area (Å²) in [5.74, 6) is -1.34. The van der Waals surface area contributed by atoms with Crippen molar-refractivity contribution in [1.82, 2.24) is 10.3 Å². The average molecular weight is 441 g/mol. The summed E-state index contributed by atoms with van der Waals surface area (Å²) < 4.78 is 39.5. The van der Waals surface area contributed by atoms with Crippen molar-refractivity contribution in [3.8, 4) is 6.07 Å². The number of pyridine rings is 1. The lowest BCUT2D eigenvalue weighted by molar-refractivity contribution is 0.0988. The Labute approximate surface area is 178 Å². The van der Waals surface area contributed by atoms with Crippen molar-refractivity contribution in [3.05, 3.63) is 64.7 Å². The zero-order valence-electron chi connectivity index (χ0n) is 16.7.